The molecule has 0 unspecified atom stereocenters. The lowest BCUT2D eigenvalue weighted by atomic mass is 10.0. The van der Waals surface area contributed by atoms with E-state index in [1.807, 2.05) is 0 Å². The van der Waals surface area contributed by atoms with Crippen LogP contribution in [0.4, 0.5) is 4.39 Å². The Morgan fingerprint density at radius 1 is 1.56 bits per heavy atom. The van der Waals surface area contributed by atoms with Crippen LogP contribution < -0.4 is 10.6 Å². The quantitative estimate of drug-likeness (QED) is 0.839. The predicted molar refractivity (Wildman–Crippen MR) is 59.6 cm³/mol. The van der Waals surface area contributed by atoms with Crippen LogP contribution in [0.3, 0.4) is 0 Å². The van der Waals surface area contributed by atoms with E-state index in [4.69, 9.17) is 11.6 Å². The van der Waals surface area contributed by atoms with Crippen LogP contribution in [0.5, 0.6) is 0 Å². The molecule has 0 aliphatic carbocycles. The van der Waals surface area contributed by atoms with E-state index in [2.05, 4.69) is 10.6 Å². The maximum atomic E-state index is 13.3. The van der Waals surface area contributed by atoms with E-state index in [1.54, 1.807) is 0 Å². The van der Waals surface area contributed by atoms with Gasteiger partial charge in [-0.25, -0.2) is 4.39 Å². The summed E-state index contributed by atoms with van der Waals surface area (Å²) in [5.74, 6) is -0.378. The minimum absolute atomic E-state index is 0.0160. The van der Waals surface area contributed by atoms with E-state index in [-0.39, 0.29) is 24.2 Å². The van der Waals surface area contributed by atoms with Gasteiger partial charge < -0.3 is 10.6 Å². The van der Waals surface area contributed by atoms with Gasteiger partial charge in [0, 0.05) is 30.2 Å². The van der Waals surface area contributed by atoms with Crippen molar-refractivity contribution in [3.63, 3.8) is 0 Å². The number of nitrogens with one attached hydrogen (secondary N) is 2. The van der Waals surface area contributed by atoms with Gasteiger partial charge in [0.25, 0.3) is 0 Å². The Hall–Kier alpha value is -1.13. The number of rotatable bonds is 3. The maximum absolute atomic E-state index is 13.3. The molecule has 86 valence electrons. The summed E-state index contributed by atoms with van der Waals surface area (Å²) in [6, 6.07) is 4.31. The zero-order chi connectivity index (χ0) is 11.5. The summed E-state index contributed by atoms with van der Waals surface area (Å²) in [6.45, 7) is 1.58. The average molecular weight is 243 g/mol. The van der Waals surface area contributed by atoms with E-state index >= 15 is 0 Å². The number of amides is 1. The first-order valence-electron chi connectivity index (χ1n) is 5.09. The highest BCUT2D eigenvalue weighted by Crippen LogP contribution is 2.14. The molecule has 16 heavy (non-hydrogen) atoms. The van der Waals surface area contributed by atoms with Crippen molar-refractivity contribution in [2.75, 3.05) is 13.1 Å². The van der Waals surface area contributed by atoms with E-state index in [9.17, 15) is 9.18 Å². The number of hydrogen-bond donors (Lipinski definition) is 2. The summed E-state index contributed by atoms with van der Waals surface area (Å²) in [6.07, 6.45) is 0. The average Bonchev–Trinajstić information content (AvgIpc) is 2.17. The molecule has 1 aliphatic rings. The fourth-order valence-electron chi connectivity index (χ4n) is 1.48. The molecule has 1 fully saturated rings. The first-order valence-corrected chi connectivity index (χ1v) is 5.47. The Kier molecular flexibility index (Phi) is 3.41. The second-order valence-electron chi connectivity index (χ2n) is 3.81. The van der Waals surface area contributed by atoms with Crippen molar-refractivity contribution >= 4 is 17.5 Å². The van der Waals surface area contributed by atoms with E-state index < -0.39 is 0 Å². The standard InChI is InChI=1S/C11H12ClFN2O/c12-9-1-2-10(13)7(3-9)6-15-11(16)8-4-14-5-8/h1-3,8,14H,4-6H2,(H,15,16). The number of benzene rings is 1. The van der Waals surface area contributed by atoms with Crippen LogP contribution >= 0.6 is 11.6 Å². The van der Waals surface area contributed by atoms with Gasteiger partial charge in [-0.3, -0.25) is 4.79 Å². The summed E-state index contributed by atoms with van der Waals surface area (Å²) >= 11 is 5.74. The van der Waals surface area contributed by atoms with Crippen molar-refractivity contribution in [3.05, 3.63) is 34.6 Å². The first kappa shape index (κ1) is 11.4. The molecule has 1 saturated heterocycles. The van der Waals surface area contributed by atoms with Crippen molar-refractivity contribution in [2.45, 2.75) is 6.54 Å². The molecule has 0 saturated carbocycles. The molecule has 0 spiro atoms. The molecular weight excluding hydrogens is 231 g/mol. The molecule has 1 aromatic rings. The summed E-state index contributed by atoms with van der Waals surface area (Å²) in [5.41, 5.74) is 0.410. The largest absolute Gasteiger partial charge is 0.352 e. The van der Waals surface area contributed by atoms with Crippen LogP contribution in [0, 0.1) is 11.7 Å². The van der Waals surface area contributed by atoms with Gasteiger partial charge in [-0.15, -0.1) is 0 Å². The van der Waals surface area contributed by atoms with Gasteiger partial charge in [0.15, 0.2) is 0 Å². The van der Waals surface area contributed by atoms with Gasteiger partial charge in [0.2, 0.25) is 5.91 Å². The van der Waals surface area contributed by atoms with Crippen LogP contribution in [0.1, 0.15) is 5.56 Å². The SMILES string of the molecule is O=C(NCc1cc(Cl)ccc1F)C1CNC1. The molecular formula is C11H12ClFN2O. The third kappa shape index (κ3) is 2.51. The van der Waals surface area contributed by atoms with Crippen LogP contribution in [-0.4, -0.2) is 19.0 Å². The molecule has 3 nitrogen and oxygen atoms in total. The third-order valence-corrected chi connectivity index (χ3v) is 2.85. The maximum Gasteiger partial charge on any atom is 0.225 e. The number of carbonyl (C=O) groups is 1. The minimum atomic E-state index is -0.351. The fraction of sp³-hybridized carbons (Fsp3) is 0.364. The lowest BCUT2D eigenvalue weighted by Gasteiger charge is -2.25. The highest BCUT2D eigenvalue weighted by atomic mass is 35.5. The lowest BCUT2D eigenvalue weighted by molar-refractivity contribution is -0.126. The van der Waals surface area contributed by atoms with Gasteiger partial charge in [-0.1, -0.05) is 11.6 Å². The zero-order valence-electron chi connectivity index (χ0n) is 8.59. The molecule has 5 heteroatoms. The lowest BCUT2D eigenvalue weighted by Crippen LogP contribution is -2.50. The Labute approximate surface area is 98.0 Å². The number of halogens is 2. The van der Waals surface area contributed by atoms with Gasteiger partial charge in [0.05, 0.1) is 5.92 Å². The Balaban J connectivity index is 1.93. The molecule has 0 bridgehead atoms. The Morgan fingerprint density at radius 3 is 2.94 bits per heavy atom. The topological polar surface area (TPSA) is 41.1 Å². The second-order valence-corrected chi connectivity index (χ2v) is 4.25. The van der Waals surface area contributed by atoms with E-state index in [0.29, 0.717) is 23.7 Å². The van der Waals surface area contributed by atoms with Crippen molar-refractivity contribution in [3.8, 4) is 0 Å². The van der Waals surface area contributed by atoms with Gasteiger partial charge in [-0.05, 0) is 18.2 Å². The van der Waals surface area contributed by atoms with Gasteiger partial charge in [0.1, 0.15) is 5.82 Å². The smallest absolute Gasteiger partial charge is 0.225 e. The predicted octanol–water partition coefficient (Wildman–Crippen LogP) is 1.31. The second kappa shape index (κ2) is 4.80. The van der Waals surface area contributed by atoms with Crippen LogP contribution in [0.2, 0.25) is 5.02 Å². The Morgan fingerprint density at radius 2 is 2.31 bits per heavy atom. The van der Waals surface area contributed by atoms with Crippen molar-refractivity contribution in [1.82, 2.24) is 10.6 Å². The van der Waals surface area contributed by atoms with E-state index in [0.717, 1.165) is 0 Å². The third-order valence-electron chi connectivity index (χ3n) is 2.61. The molecule has 1 aromatic carbocycles. The Bertz CT molecular complexity index is 407. The van der Waals surface area contributed by atoms with Gasteiger partial charge >= 0.3 is 0 Å². The van der Waals surface area contributed by atoms with Crippen LogP contribution in [-0.2, 0) is 11.3 Å². The van der Waals surface area contributed by atoms with E-state index in [1.165, 1.54) is 18.2 Å². The zero-order valence-corrected chi connectivity index (χ0v) is 9.35. The summed E-state index contributed by atoms with van der Waals surface area (Å²) < 4.78 is 13.3. The number of carbonyl (C=O) groups excluding carboxylic acids is 1. The highest BCUT2D eigenvalue weighted by molar-refractivity contribution is 6.30. The molecule has 0 aromatic heterocycles. The molecule has 2 N–H and O–H groups in total. The molecule has 1 amide bonds. The first-order chi connectivity index (χ1) is 7.66. The fourth-order valence-corrected chi connectivity index (χ4v) is 1.67. The highest BCUT2D eigenvalue weighted by Gasteiger charge is 2.24. The molecule has 0 radical (unpaired) electrons. The summed E-state index contributed by atoms with van der Waals surface area (Å²) in [7, 11) is 0. The molecule has 1 aliphatic heterocycles. The molecule has 1 heterocycles. The van der Waals surface area contributed by atoms with Crippen molar-refractivity contribution in [1.29, 1.82) is 0 Å². The summed E-state index contributed by atoms with van der Waals surface area (Å²) in [4.78, 5) is 11.5. The number of hydrogen-bond acceptors (Lipinski definition) is 2. The monoisotopic (exact) mass is 242 g/mol. The minimum Gasteiger partial charge on any atom is -0.352 e. The van der Waals surface area contributed by atoms with Crippen molar-refractivity contribution in [2.24, 2.45) is 5.92 Å². The summed E-state index contributed by atoms with van der Waals surface area (Å²) in [5, 5.41) is 6.16. The molecule has 0 atom stereocenters. The van der Waals surface area contributed by atoms with Crippen LogP contribution in [0.25, 0.3) is 0 Å². The van der Waals surface area contributed by atoms with Crippen LogP contribution in [0.15, 0.2) is 18.2 Å². The van der Waals surface area contributed by atoms with Crippen molar-refractivity contribution < 1.29 is 9.18 Å². The molecule has 2 rings (SSSR count). The normalized spacial score (nSPS) is 15.6. The van der Waals surface area contributed by atoms with Gasteiger partial charge in [-0.2, -0.15) is 0 Å².